The van der Waals surface area contributed by atoms with Gasteiger partial charge in [-0.05, 0) is 61.4 Å². The third kappa shape index (κ3) is 5.05. The van der Waals surface area contributed by atoms with E-state index >= 15 is 0 Å². The van der Waals surface area contributed by atoms with E-state index < -0.39 is 17.8 Å². The number of carbonyl (C=O) groups is 2. The van der Waals surface area contributed by atoms with Crippen LogP contribution in [0.2, 0.25) is 0 Å². The maximum Gasteiger partial charge on any atom is 0.416 e. The molecule has 2 heterocycles. The van der Waals surface area contributed by atoms with Gasteiger partial charge in [0.05, 0.1) is 24.0 Å². The highest BCUT2D eigenvalue weighted by Gasteiger charge is 2.32. The number of halogens is 3. The molecule has 0 radical (unpaired) electrons. The number of ketones is 1. The van der Waals surface area contributed by atoms with Gasteiger partial charge < -0.3 is 15.0 Å². The summed E-state index contributed by atoms with van der Waals surface area (Å²) in [7, 11) is 1.55. The second-order valence-corrected chi connectivity index (χ2v) is 7.96. The number of amides is 2. The van der Waals surface area contributed by atoms with Crippen molar-refractivity contribution in [2.75, 3.05) is 25.5 Å². The fourth-order valence-electron chi connectivity index (χ4n) is 3.95. The summed E-state index contributed by atoms with van der Waals surface area (Å²) in [6, 6.07) is 11.1. The molecule has 4 rings (SSSR count). The summed E-state index contributed by atoms with van der Waals surface area (Å²) in [6.07, 6.45) is -0.551. The molecule has 1 N–H and O–H groups in total. The summed E-state index contributed by atoms with van der Waals surface area (Å²) in [5.74, 6) is 0.430. The number of methoxy groups -OCH3 is 1. The molecule has 0 bridgehead atoms. The van der Waals surface area contributed by atoms with Crippen molar-refractivity contribution in [3.05, 3.63) is 72.1 Å². The molecular weight excluding hydrogens is 449 g/mol. The molecule has 0 atom stereocenters. The molecule has 1 aliphatic heterocycles. The number of Topliss-reactive ketones (excluding diaryl/α,β-unsaturated/α-hetero) is 1. The van der Waals surface area contributed by atoms with Crippen LogP contribution in [-0.4, -0.2) is 46.7 Å². The first-order valence-corrected chi connectivity index (χ1v) is 10.7. The highest BCUT2D eigenvalue weighted by atomic mass is 19.4. The first kappa shape index (κ1) is 23.3. The number of piperidine rings is 1. The summed E-state index contributed by atoms with van der Waals surface area (Å²) >= 11 is 0. The monoisotopic (exact) mass is 472 g/mol. The van der Waals surface area contributed by atoms with Gasteiger partial charge in [-0.15, -0.1) is 0 Å². The molecule has 1 fully saturated rings. The number of urea groups is 1. The first-order valence-electron chi connectivity index (χ1n) is 10.7. The minimum absolute atomic E-state index is 0.0000392. The van der Waals surface area contributed by atoms with E-state index in [-0.39, 0.29) is 17.4 Å². The lowest BCUT2D eigenvalue weighted by atomic mass is 9.89. The van der Waals surface area contributed by atoms with Crippen LogP contribution in [0.1, 0.15) is 28.8 Å². The number of aromatic nitrogens is 2. The van der Waals surface area contributed by atoms with Crippen LogP contribution in [0.15, 0.2) is 60.9 Å². The number of nitrogens with zero attached hydrogens (tertiary/aromatic N) is 3. The zero-order chi connectivity index (χ0) is 24.3. The largest absolute Gasteiger partial charge is 0.497 e. The van der Waals surface area contributed by atoms with Crippen LogP contribution in [0.4, 0.5) is 23.7 Å². The third-order valence-corrected chi connectivity index (χ3v) is 5.84. The fraction of sp³-hybridized carbons (Fsp3) is 0.292. The van der Waals surface area contributed by atoms with E-state index in [9.17, 15) is 22.8 Å². The van der Waals surface area contributed by atoms with Crippen LogP contribution in [0.3, 0.4) is 0 Å². The van der Waals surface area contributed by atoms with E-state index in [1.165, 1.54) is 21.8 Å². The molecule has 2 amide bonds. The van der Waals surface area contributed by atoms with Gasteiger partial charge in [-0.25, -0.2) is 9.48 Å². The van der Waals surface area contributed by atoms with E-state index in [2.05, 4.69) is 10.4 Å². The summed E-state index contributed by atoms with van der Waals surface area (Å²) in [4.78, 5) is 27.2. The Balaban J connectivity index is 1.44. The van der Waals surface area contributed by atoms with Crippen LogP contribution >= 0.6 is 0 Å². The molecule has 10 heteroatoms. The lowest BCUT2D eigenvalue weighted by Crippen LogP contribution is -2.42. The number of hydrogen-bond donors (Lipinski definition) is 1. The Morgan fingerprint density at radius 3 is 2.38 bits per heavy atom. The second-order valence-electron chi connectivity index (χ2n) is 7.96. The van der Waals surface area contributed by atoms with Crippen molar-refractivity contribution in [1.29, 1.82) is 0 Å². The highest BCUT2D eigenvalue weighted by Crippen LogP contribution is 2.33. The average molecular weight is 472 g/mol. The van der Waals surface area contributed by atoms with Gasteiger partial charge in [-0.3, -0.25) is 4.79 Å². The van der Waals surface area contributed by atoms with Crippen molar-refractivity contribution < 1.29 is 27.5 Å². The van der Waals surface area contributed by atoms with Crippen LogP contribution in [-0.2, 0) is 6.18 Å². The predicted octanol–water partition coefficient (Wildman–Crippen LogP) is 5.03. The van der Waals surface area contributed by atoms with Crippen LogP contribution in [0.5, 0.6) is 5.75 Å². The highest BCUT2D eigenvalue weighted by molar-refractivity contribution is 5.98. The van der Waals surface area contributed by atoms with Crippen molar-refractivity contribution in [3.63, 3.8) is 0 Å². The number of nitrogens with one attached hydrogen (secondary N) is 1. The Bertz CT molecular complexity index is 1150. The Morgan fingerprint density at radius 2 is 1.79 bits per heavy atom. The minimum Gasteiger partial charge on any atom is -0.497 e. The molecule has 7 nitrogen and oxygen atoms in total. The normalized spacial score (nSPS) is 14.6. The average Bonchev–Trinajstić information content (AvgIpc) is 3.38. The van der Waals surface area contributed by atoms with Crippen molar-refractivity contribution in [2.45, 2.75) is 19.0 Å². The quantitative estimate of drug-likeness (QED) is 0.529. The molecule has 2 aromatic carbocycles. The Kier molecular flexibility index (Phi) is 6.58. The number of likely N-dealkylation sites (tertiary alicyclic amines) is 1. The molecule has 0 aliphatic carbocycles. The van der Waals surface area contributed by atoms with E-state index in [1.54, 1.807) is 43.6 Å². The minimum atomic E-state index is -4.55. The number of anilines is 1. The Labute approximate surface area is 194 Å². The lowest BCUT2D eigenvalue weighted by Gasteiger charge is -2.31. The van der Waals surface area contributed by atoms with Crippen molar-refractivity contribution in [2.24, 2.45) is 5.92 Å². The van der Waals surface area contributed by atoms with Crippen LogP contribution < -0.4 is 10.1 Å². The number of hydrogen-bond acceptors (Lipinski definition) is 4. The molecule has 1 aliphatic rings. The van der Waals surface area contributed by atoms with Gasteiger partial charge in [-0.1, -0.05) is 0 Å². The van der Waals surface area contributed by atoms with Crippen molar-refractivity contribution in [1.82, 2.24) is 14.7 Å². The number of alkyl halides is 3. The lowest BCUT2D eigenvalue weighted by molar-refractivity contribution is -0.137. The zero-order valence-electron chi connectivity index (χ0n) is 18.4. The SMILES string of the molecule is COc1ccc(C(=O)C2CCN(C(=O)Nc3cc(C(F)(F)F)ccc3-n3cccn3)CC2)cc1. The number of benzene rings is 2. The smallest absolute Gasteiger partial charge is 0.416 e. The van der Waals surface area contributed by atoms with Gasteiger partial charge >= 0.3 is 12.2 Å². The number of rotatable bonds is 5. The summed E-state index contributed by atoms with van der Waals surface area (Å²) in [5, 5.41) is 6.65. The van der Waals surface area contributed by atoms with Crippen LogP contribution in [0, 0.1) is 5.92 Å². The van der Waals surface area contributed by atoms with E-state index in [4.69, 9.17) is 4.74 Å². The Morgan fingerprint density at radius 1 is 1.09 bits per heavy atom. The Hall–Kier alpha value is -3.82. The molecule has 0 spiro atoms. The van der Waals surface area contributed by atoms with Crippen LogP contribution in [0.25, 0.3) is 5.69 Å². The summed E-state index contributed by atoms with van der Waals surface area (Å²) in [5.41, 5.74) is 0.0231. The zero-order valence-corrected chi connectivity index (χ0v) is 18.4. The second kappa shape index (κ2) is 9.58. The first-order chi connectivity index (χ1) is 16.3. The molecule has 0 unspecified atom stereocenters. The van der Waals surface area contributed by atoms with E-state index in [0.717, 1.165) is 12.1 Å². The summed E-state index contributed by atoms with van der Waals surface area (Å²) in [6.45, 7) is 0.628. The van der Waals surface area contributed by atoms with Gasteiger partial charge in [0.25, 0.3) is 0 Å². The molecule has 1 saturated heterocycles. The molecule has 34 heavy (non-hydrogen) atoms. The van der Waals surface area contributed by atoms with Crippen molar-refractivity contribution in [3.8, 4) is 11.4 Å². The molecule has 178 valence electrons. The fourth-order valence-corrected chi connectivity index (χ4v) is 3.95. The van der Waals surface area contributed by atoms with E-state index in [1.807, 2.05) is 0 Å². The van der Waals surface area contributed by atoms with Gasteiger partial charge in [0.15, 0.2) is 5.78 Å². The van der Waals surface area contributed by atoms with Gasteiger partial charge in [-0.2, -0.15) is 18.3 Å². The molecular formula is C24H23F3N4O3. The number of carbonyl (C=O) groups excluding carboxylic acids is 2. The maximum absolute atomic E-state index is 13.3. The van der Waals surface area contributed by atoms with Gasteiger partial charge in [0.2, 0.25) is 0 Å². The maximum atomic E-state index is 13.3. The molecule has 3 aromatic rings. The van der Waals surface area contributed by atoms with E-state index in [0.29, 0.717) is 42.9 Å². The topological polar surface area (TPSA) is 76.5 Å². The standard InChI is InChI=1S/C24H23F3N4O3/c1-34-19-6-3-16(4-7-19)22(32)17-9-13-30(14-10-17)23(33)29-20-15-18(24(25,26)27)5-8-21(20)31-12-2-11-28-31/h2-8,11-12,15,17H,9-10,13-14H2,1H3,(H,29,33). The third-order valence-electron chi connectivity index (χ3n) is 5.84. The predicted molar refractivity (Wildman–Crippen MR) is 119 cm³/mol. The van der Waals surface area contributed by atoms with Crippen molar-refractivity contribution >= 4 is 17.5 Å². The summed E-state index contributed by atoms with van der Waals surface area (Å²) < 4.78 is 46.2. The molecule has 0 saturated carbocycles. The van der Waals surface area contributed by atoms with Gasteiger partial charge in [0.1, 0.15) is 5.75 Å². The number of ether oxygens (including phenoxy) is 1. The van der Waals surface area contributed by atoms with Gasteiger partial charge in [0, 0.05) is 37.0 Å². The molecule has 1 aromatic heterocycles.